The molecular weight excluding hydrogens is 322 g/mol. The predicted molar refractivity (Wildman–Crippen MR) is 90.6 cm³/mol. The number of nitriles is 1. The molecule has 0 fully saturated rings. The number of carbonyl (C=O) groups is 2. The quantitative estimate of drug-likeness (QED) is 0.475. The van der Waals surface area contributed by atoms with Crippen molar-refractivity contribution in [2.24, 2.45) is 5.41 Å². The van der Waals surface area contributed by atoms with Crippen molar-refractivity contribution in [1.29, 1.82) is 5.26 Å². The topological polar surface area (TPSA) is 85.6 Å². The Morgan fingerprint density at radius 2 is 1.80 bits per heavy atom. The lowest BCUT2D eigenvalue weighted by Gasteiger charge is -2.29. The highest BCUT2D eigenvalue weighted by atomic mass is 16.6. The smallest absolute Gasteiger partial charge is 0.326 e. The van der Waals surface area contributed by atoms with Crippen molar-refractivity contribution in [3.05, 3.63) is 35.4 Å². The van der Waals surface area contributed by atoms with Crippen LogP contribution in [0.3, 0.4) is 0 Å². The zero-order valence-electron chi connectivity index (χ0n) is 15.1. The van der Waals surface area contributed by atoms with Crippen molar-refractivity contribution in [3.8, 4) is 17.6 Å². The average Bonchev–Trinajstić information content (AvgIpc) is 2.84. The van der Waals surface area contributed by atoms with Crippen LogP contribution < -0.4 is 9.47 Å². The number of hydrogen-bond acceptors (Lipinski definition) is 6. The Labute approximate surface area is 147 Å². The van der Waals surface area contributed by atoms with Gasteiger partial charge in [-0.3, -0.25) is 9.59 Å². The Bertz CT molecular complexity index is 797. The number of esters is 1. The molecule has 0 spiro atoms. The largest absolute Gasteiger partial charge is 0.493 e. The third-order valence-corrected chi connectivity index (χ3v) is 4.09. The molecule has 0 aliphatic heterocycles. The molecule has 0 radical (unpaired) electrons. The van der Waals surface area contributed by atoms with Gasteiger partial charge in [0, 0.05) is 17.6 Å². The van der Waals surface area contributed by atoms with Gasteiger partial charge in [-0.05, 0) is 38.5 Å². The van der Waals surface area contributed by atoms with Crippen LogP contribution in [0.15, 0.2) is 24.3 Å². The van der Waals surface area contributed by atoms with Gasteiger partial charge in [-0.15, -0.1) is 0 Å². The van der Waals surface area contributed by atoms with Gasteiger partial charge in [-0.25, -0.2) is 0 Å². The first-order valence-corrected chi connectivity index (χ1v) is 7.73. The van der Waals surface area contributed by atoms with Crippen molar-refractivity contribution in [1.82, 2.24) is 0 Å². The zero-order chi connectivity index (χ0) is 19.0. The van der Waals surface area contributed by atoms with Gasteiger partial charge in [-0.1, -0.05) is 6.58 Å². The highest BCUT2D eigenvalue weighted by Crippen LogP contribution is 2.46. The minimum absolute atomic E-state index is 0.00281. The molecule has 2 rings (SSSR count). The molecule has 6 heteroatoms. The van der Waals surface area contributed by atoms with E-state index in [9.17, 15) is 14.9 Å². The number of benzene rings is 1. The predicted octanol–water partition coefficient (Wildman–Crippen LogP) is 2.85. The number of fused-ring (bicyclic) bond motifs is 1. The fourth-order valence-electron chi connectivity index (χ4n) is 2.87. The van der Waals surface area contributed by atoms with E-state index in [0.29, 0.717) is 22.6 Å². The Morgan fingerprint density at radius 3 is 2.28 bits per heavy atom. The Morgan fingerprint density at radius 1 is 1.24 bits per heavy atom. The van der Waals surface area contributed by atoms with Crippen LogP contribution >= 0.6 is 0 Å². The van der Waals surface area contributed by atoms with Crippen molar-refractivity contribution >= 4 is 11.8 Å². The lowest BCUT2D eigenvalue weighted by Crippen LogP contribution is -2.43. The molecule has 1 aliphatic rings. The fourth-order valence-corrected chi connectivity index (χ4v) is 2.87. The molecule has 0 bridgehead atoms. The molecule has 0 saturated heterocycles. The van der Waals surface area contributed by atoms with E-state index in [1.165, 1.54) is 20.3 Å². The summed E-state index contributed by atoms with van der Waals surface area (Å²) in [4.78, 5) is 26.0. The second-order valence-corrected chi connectivity index (χ2v) is 6.87. The highest BCUT2D eigenvalue weighted by Gasteiger charge is 2.56. The van der Waals surface area contributed by atoms with Crippen LogP contribution in [0.4, 0.5) is 0 Å². The third-order valence-electron chi connectivity index (χ3n) is 4.09. The number of ether oxygens (including phenoxy) is 3. The van der Waals surface area contributed by atoms with Crippen LogP contribution in [0.1, 0.15) is 36.7 Å². The van der Waals surface area contributed by atoms with Crippen LogP contribution in [0.2, 0.25) is 0 Å². The molecule has 0 N–H and O–H groups in total. The highest BCUT2D eigenvalue weighted by molar-refractivity contribution is 6.19. The Balaban J connectivity index is 2.61. The van der Waals surface area contributed by atoms with E-state index in [4.69, 9.17) is 14.2 Å². The molecule has 0 unspecified atom stereocenters. The molecule has 1 aromatic rings. The molecule has 132 valence electrons. The van der Waals surface area contributed by atoms with Gasteiger partial charge in [-0.2, -0.15) is 5.26 Å². The van der Waals surface area contributed by atoms with Crippen molar-refractivity contribution < 1.29 is 23.8 Å². The summed E-state index contributed by atoms with van der Waals surface area (Å²) in [6.07, 6.45) is 0.00281. The molecule has 25 heavy (non-hydrogen) atoms. The van der Waals surface area contributed by atoms with E-state index in [1.54, 1.807) is 26.8 Å². The number of Topliss-reactive ketones (excluding diaryl/α,β-unsaturated/α-hetero) is 1. The van der Waals surface area contributed by atoms with E-state index in [2.05, 4.69) is 6.58 Å². The van der Waals surface area contributed by atoms with E-state index in [0.717, 1.165) is 0 Å². The number of nitrogens with zero attached hydrogens (tertiary/aromatic N) is 1. The number of methoxy groups -OCH3 is 2. The number of hydrogen-bond donors (Lipinski definition) is 0. The number of carbonyl (C=O) groups excluding carboxylic acids is 2. The molecule has 1 aromatic carbocycles. The second-order valence-electron chi connectivity index (χ2n) is 6.87. The van der Waals surface area contributed by atoms with Crippen molar-refractivity contribution in [3.63, 3.8) is 0 Å². The molecule has 0 saturated carbocycles. The lowest BCUT2D eigenvalue weighted by molar-refractivity contribution is -0.161. The summed E-state index contributed by atoms with van der Waals surface area (Å²) in [6.45, 7) is 8.75. The molecule has 0 amide bonds. The summed E-state index contributed by atoms with van der Waals surface area (Å²) in [5.41, 5.74) is -1.79. The molecule has 1 atom stereocenters. The Hall–Kier alpha value is -2.81. The maximum absolute atomic E-state index is 13.1. The van der Waals surface area contributed by atoms with Crippen LogP contribution in [0.25, 0.3) is 0 Å². The maximum atomic E-state index is 13.1. The molecule has 1 aliphatic carbocycles. The minimum atomic E-state index is -1.75. The third kappa shape index (κ3) is 2.98. The molecule has 0 aromatic heterocycles. The van der Waals surface area contributed by atoms with Crippen molar-refractivity contribution in [2.75, 3.05) is 14.2 Å². The van der Waals surface area contributed by atoms with Crippen molar-refractivity contribution in [2.45, 2.75) is 32.8 Å². The van der Waals surface area contributed by atoms with E-state index < -0.39 is 22.8 Å². The van der Waals surface area contributed by atoms with Crippen LogP contribution in [-0.4, -0.2) is 31.6 Å². The minimum Gasteiger partial charge on any atom is -0.493 e. The number of ketones is 1. The van der Waals surface area contributed by atoms with E-state index >= 15 is 0 Å². The SMILES string of the molecule is C=C(C#N)[C@@]1(C(=O)OC(C)(C)C)Cc2cc(OC)c(OC)cc2C1=O. The fraction of sp³-hybridized carbons (Fsp3) is 0.421. The molecular formula is C19H21NO5. The van der Waals surface area contributed by atoms with Crippen LogP contribution in [0, 0.1) is 16.7 Å². The summed E-state index contributed by atoms with van der Waals surface area (Å²) in [7, 11) is 2.94. The molecule has 0 heterocycles. The maximum Gasteiger partial charge on any atom is 0.326 e. The summed E-state index contributed by atoms with van der Waals surface area (Å²) >= 11 is 0. The number of rotatable bonds is 4. The summed E-state index contributed by atoms with van der Waals surface area (Å²) in [5, 5.41) is 9.35. The van der Waals surface area contributed by atoms with E-state index in [-0.39, 0.29) is 12.0 Å². The molecule has 6 nitrogen and oxygen atoms in total. The first kappa shape index (κ1) is 18.5. The van der Waals surface area contributed by atoms with Gasteiger partial charge < -0.3 is 14.2 Å². The first-order valence-electron chi connectivity index (χ1n) is 7.73. The normalized spacial score (nSPS) is 19.0. The van der Waals surface area contributed by atoms with E-state index in [1.807, 2.05) is 6.07 Å². The Kier molecular flexibility index (Phi) is 4.63. The van der Waals surface area contributed by atoms with Gasteiger partial charge in [0.15, 0.2) is 22.7 Å². The summed E-state index contributed by atoms with van der Waals surface area (Å²) < 4.78 is 15.9. The van der Waals surface area contributed by atoms with Gasteiger partial charge in [0.25, 0.3) is 0 Å². The zero-order valence-corrected chi connectivity index (χ0v) is 15.1. The van der Waals surface area contributed by atoms with Gasteiger partial charge >= 0.3 is 5.97 Å². The average molecular weight is 343 g/mol. The van der Waals surface area contributed by atoms with Gasteiger partial charge in [0.1, 0.15) is 5.60 Å². The van der Waals surface area contributed by atoms with Crippen LogP contribution in [0.5, 0.6) is 11.5 Å². The van der Waals surface area contributed by atoms with Gasteiger partial charge in [0.2, 0.25) is 0 Å². The standard InChI is InChI=1S/C19H21NO5/c1-11(10-20)19(17(22)25-18(2,3)4)9-12-7-14(23-5)15(24-6)8-13(12)16(19)21/h7-8H,1,9H2,2-6H3/t19-/m0/s1. The second kappa shape index (κ2) is 6.25. The summed E-state index contributed by atoms with van der Waals surface area (Å²) in [5.74, 6) is -0.469. The monoisotopic (exact) mass is 343 g/mol. The van der Waals surface area contributed by atoms with Crippen LogP contribution in [-0.2, 0) is 16.0 Å². The first-order chi connectivity index (χ1) is 11.6. The lowest BCUT2D eigenvalue weighted by atomic mass is 9.77. The van der Waals surface area contributed by atoms with Gasteiger partial charge in [0.05, 0.1) is 20.3 Å². The summed E-state index contributed by atoms with van der Waals surface area (Å²) in [6, 6.07) is 5.02.